The van der Waals surface area contributed by atoms with E-state index < -0.39 is 0 Å². The van der Waals surface area contributed by atoms with Crippen molar-refractivity contribution in [2.45, 2.75) is 19.3 Å². The molecule has 0 atom stereocenters. The Kier molecular flexibility index (Phi) is 2.17. The van der Waals surface area contributed by atoms with E-state index in [1.54, 1.807) is 0 Å². The van der Waals surface area contributed by atoms with Crippen LogP contribution in [-0.4, -0.2) is 0 Å². The molecular formula is C15H15N. The van der Waals surface area contributed by atoms with Crippen LogP contribution in [0, 0.1) is 0 Å². The van der Waals surface area contributed by atoms with E-state index in [0.29, 0.717) is 5.92 Å². The predicted molar refractivity (Wildman–Crippen MR) is 68.3 cm³/mol. The second-order valence-electron chi connectivity index (χ2n) is 4.26. The fraction of sp³-hybridized carbons (Fsp3) is 0.200. The van der Waals surface area contributed by atoms with E-state index in [9.17, 15) is 0 Å². The minimum atomic E-state index is 0.536. The lowest BCUT2D eigenvalue weighted by atomic mass is 9.84. The summed E-state index contributed by atoms with van der Waals surface area (Å²) >= 11 is 0. The molecule has 0 spiro atoms. The van der Waals surface area contributed by atoms with Crippen LogP contribution in [-0.2, 0) is 0 Å². The molecule has 0 radical (unpaired) electrons. The molecule has 1 N–H and O–H groups in total. The number of hydrogen-bond acceptors (Lipinski definition) is 1. The third-order valence-corrected chi connectivity index (χ3v) is 3.35. The lowest BCUT2D eigenvalue weighted by molar-refractivity contribution is 0.773. The summed E-state index contributed by atoms with van der Waals surface area (Å²) in [6.07, 6.45) is 1.15. The van der Waals surface area contributed by atoms with Crippen molar-refractivity contribution >= 4 is 11.4 Å². The van der Waals surface area contributed by atoms with E-state index in [-0.39, 0.29) is 0 Å². The second kappa shape index (κ2) is 3.67. The summed E-state index contributed by atoms with van der Waals surface area (Å²) in [5.41, 5.74) is 5.36. The quantitative estimate of drug-likeness (QED) is 0.739. The Labute approximate surface area is 96.1 Å². The van der Waals surface area contributed by atoms with E-state index in [4.69, 9.17) is 0 Å². The highest BCUT2D eigenvalue weighted by Gasteiger charge is 2.22. The molecule has 2 aromatic rings. The van der Waals surface area contributed by atoms with Crippen molar-refractivity contribution < 1.29 is 0 Å². The average Bonchev–Trinajstić information content (AvgIpc) is 2.36. The highest BCUT2D eigenvalue weighted by atomic mass is 14.9. The second-order valence-corrected chi connectivity index (χ2v) is 4.26. The number of hydrogen-bond donors (Lipinski definition) is 1. The van der Waals surface area contributed by atoms with Gasteiger partial charge in [0.15, 0.2) is 0 Å². The molecule has 1 nitrogen and oxygen atoms in total. The van der Waals surface area contributed by atoms with Gasteiger partial charge in [-0.15, -0.1) is 0 Å². The maximum absolute atomic E-state index is 3.50. The molecule has 80 valence electrons. The zero-order valence-electron chi connectivity index (χ0n) is 9.40. The Morgan fingerprint density at radius 1 is 0.875 bits per heavy atom. The van der Waals surface area contributed by atoms with E-state index in [1.807, 2.05) is 0 Å². The van der Waals surface area contributed by atoms with Gasteiger partial charge in [0.05, 0.1) is 0 Å². The molecule has 1 heteroatoms. The monoisotopic (exact) mass is 209 g/mol. The summed E-state index contributed by atoms with van der Waals surface area (Å²) in [6, 6.07) is 17.2. The smallest absolute Gasteiger partial charge is 0.0423 e. The van der Waals surface area contributed by atoms with Gasteiger partial charge in [-0.2, -0.15) is 0 Å². The number of fused-ring (bicyclic) bond motifs is 2. The van der Waals surface area contributed by atoms with Gasteiger partial charge in [0.25, 0.3) is 0 Å². The van der Waals surface area contributed by atoms with Gasteiger partial charge >= 0.3 is 0 Å². The van der Waals surface area contributed by atoms with E-state index in [2.05, 4.69) is 60.8 Å². The van der Waals surface area contributed by atoms with E-state index in [1.165, 1.54) is 22.5 Å². The van der Waals surface area contributed by atoms with Crippen LogP contribution in [0.4, 0.5) is 11.4 Å². The first-order valence-corrected chi connectivity index (χ1v) is 5.85. The molecule has 0 saturated heterocycles. The fourth-order valence-corrected chi connectivity index (χ4v) is 2.58. The van der Waals surface area contributed by atoms with Crippen LogP contribution in [0.1, 0.15) is 30.4 Å². The molecule has 0 bridgehead atoms. The first-order valence-electron chi connectivity index (χ1n) is 5.85. The van der Waals surface area contributed by atoms with Gasteiger partial charge in [0.2, 0.25) is 0 Å². The average molecular weight is 209 g/mol. The van der Waals surface area contributed by atoms with Crippen LogP contribution >= 0.6 is 0 Å². The fourth-order valence-electron chi connectivity index (χ4n) is 2.58. The van der Waals surface area contributed by atoms with Crippen molar-refractivity contribution in [3.05, 3.63) is 59.7 Å². The Balaban J connectivity index is 2.19. The summed E-state index contributed by atoms with van der Waals surface area (Å²) in [4.78, 5) is 0. The molecule has 0 aromatic heterocycles. The predicted octanol–water partition coefficient (Wildman–Crippen LogP) is 4.29. The maximum atomic E-state index is 3.50. The molecular weight excluding hydrogens is 194 g/mol. The van der Waals surface area contributed by atoms with E-state index >= 15 is 0 Å². The molecule has 0 saturated carbocycles. The highest BCUT2D eigenvalue weighted by Crippen LogP contribution is 2.42. The number of rotatable bonds is 1. The van der Waals surface area contributed by atoms with Crippen LogP contribution in [0.25, 0.3) is 0 Å². The van der Waals surface area contributed by atoms with Crippen molar-refractivity contribution in [2.24, 2.45) is 0 Å². The van der Waals surface area contributed by atoms with Crippen molar-refractivity contribution in [1.82, 2.24) is 0 Å². The van der Waals surface area contributed by atoms with Gasteiger partial charge in [-0.3, -0.25) is 0 Å². The SMILES string of the molecule is CCC1c2ccccc2Nc2ccccc21. The van der Waals surface area contributed by atoms with Crippen molar-refractivity contribution in [3.63, 3.8) is 0 Å². The zero-order valence-corrected chi connectivity index (χ0v) is 9.40. The summed E-state index contributed by atoms with van der Waals surface area (Å²) < 4.78 is 0. The van der Waals surface area contributed by atoms with Crippen LogP contribution < -0.4 is 5.32 Å². The molecule has 1 aliphatic rings. The Hall–Kier alpha value is -1.76. The molecule has 0 fully saturated rings. The molecule has 16 heavy (non-hydrogen) atoms. The lowest BCUT2D eigenvalue weighted by Gasteiger charge is -2.28. The Morgan fingerprint density at radius 3 is 1.88 bits per heavy atom. The third kappa shape index (κ3) is 1.32. The van der Waals surface area contributed by atoms with Gasteiger partial charge < -0.3 is 5.32 Å². The minimum absolute atomic E-state index is 0.536. The van der Waals surface area contributed by atoms with Crippen LogP contribution in [0.15, 0.2) is 48.5 Å². The van der Waals surface area contributed by atoms with Crippen molar-refractivity contribution in [1.29, 1.82) is 0 Å². The number of para-hydroxylation sites is 2. The van der Waals surface area contributed by atoms with Gasteiger partial charge in [0.1, 0.15) is 0 Å². The first-order chi connectivity index (χ1) is 7.90. The van der Waals surface area contributed by atoms with Gasteiger partial charge in [-0.25, -0.2) is 0 Å². The number of benzene rings is 2. The molecule has 0 unspecified atom stereocenters. The highest BCUT2D eigenvalue weighted by molar-refractivity contribution is 5.73. The molecule has 0 aliphatic carbocycles. The van der Waals surface area contributed by atoms with Crippen LogP contribution in [0.2, 0.25) is 0 Å². The van der Waals surface area contributed by atoms with Crippen LogP contribution in [0.3, 0.4) is 0 Å². The standard InChI is InChI=1S/C15H15N/c1-2-11-12-7-3-5-9-14(12)16-15-10-6-4-8-13(11)15/h3-11,16H,2H2,1H3. The third-order valence-electron chi connectivity index (χ3n) is 3.35. The normalized spacial score (nSPS) is 13.8. The summed E-state index contributed by atoms with van der Waals surface area (Å²) in [5.74, 6) is 0.536. The van der Waals surface area contributed by atoms with Crippen molar-refractivity contribution in [3.8, 4) is 0 Å². The number of anilines is 2. The molecule has 0 amide bonds. The van der Waals surface area contributed by atoms with E-state index in [0.717, 1.165) is 6.42 Å². The molecule has 1 heterocycles. The largest absolute Gasteiger partial charge is 0.355 e. The maximum Gasteiger partial charge on any atom is 0.0423 e. The molecule has 2 aromatic carbocycles. The van der Waals surface area contributed by atoms with Gasteiger partial charge in [-0.1, -0.05) is 43.3 Å². The van der Waals surface area contributed by atoms with Crippen LogP contribution in [0.5, 0.6) is 0 Å². The Morgan fingerprint density at radius 2 is 1.38 bits per heavy atom. The summed E-state index contributed by atoms with van der Waals surface area (Å²) in [6.45, 7) is 2.25. The molecule has 3 rings (SSSR count). The topological polar surface area (TPSA) is 12.0 Å². The zero-order chi connectivity index (χ0) is 11.0. The van der Waals surface area contributed by atoms with Gasteiger partial charge in [-0.05, 0) is 29.7 Å². The lowest BCUT2D eigenvalue weighted by Crippen LogP contribution is -2.11. The first kappa shape index (κ1) is 9.46. The Bertz CT molecular complexity index is 471. The minimum Gasteiger partial charge on any atom is -0.355 e. The summed E-state index contributed by atoms with van der Waals surface area (Å²) in [7, 11) is 0. The van der Waals surface area contributed by atoms with Gasteiger partial charge in [0, 0.05) is 17.3 Å². The number of nitrogens with one attached hydrogen (secondary N) is 1. The molecule has 1 aliphatic heterocycles. The van der Waals surface area contributed by atoms with Crippen molar-refractivity contribution in [2.75, 3.05) is 5.32 Å². The summed E-state index contributed by atoms with van der Waals surface area (Å²) in [5, 5.41) is 3.50.